The van der Waals surface area contributed by atoms with E-state index in [2.05, 4.69) is 0 Å². The predicted octanol–water partition coefficient (Wildman–Crippen LogP) is 0.0519. The molecule has 1 unspecified atom stereocenters. The van der Waals surface area contributed by atoms with Gasteiger partial charge in [-0.2, -0.15) is 11.8 Å². The second kappa shape index (κ2) is 6.64. The van der Waals surface area contributed by atoms with Gasteiger partial charge < -0.3 is 10.2 Å². The van der Waals surface area contributed by atoms with E-state index in [9.17, 15) is 4.79 Å². The van der Waals surface area contributed by atoms with Gasteiger partial charge in [0.1, 0.15) is 5.78 Å². The van der Waals surface area contributed by atoms with Crippen LogP contribution >= 0.6 is 11.8 Å². The minimum absolute atomic E-state index is 0.181. The van der Waals surface area contributed by atoms with E-state index in [1.807, 2.05) is 6.92 Å². The van der Waals surface area contributed by atoms with Crippen molar-refractivity contribution in [3.63, 3.8) is 0 Å². The fourth-order valence-corrected chi connectivity index (χ4v) is 1.39. The van der Waals surface area contributed by atoms with E-state index < -0.39 is 6.10 Å². The van der Waals surface area contributed by atoms with E-state index in [1.165, 1.54) is 11.8 Å². The van der Waals surface area contributed by atoms with Gasteiger partial charge in [0.15, 0.2) is 0 Å². The van der Waals surface area contributed by atoms with Crippen LogP contribution in [0.4, 0.5) is 0 Å². The monoisotopic (exact) mass is 178 g/mol. The van der Waals surface area contributed by atoms with E-state index in [-0.39, 0.29) is 12.4 Å². The highest BCUT2D eigenvalue weighted by Gasteiger charge is 2.03. The number of rotatable bonds is 6. The average molecular weight is 178 g/mol. The number of ketones is 1. The first-order chi connectivity index (χ1) is 5.20. The first kappa shape index (κ1) is 10.9. The normalized spacial score (nSPS) is 13.0. The van der Waals surface area contributed by atoms with Crippen molar-refractivity contribution in [1.82, 2.24) is 0 Å². The lowest BCUT2D eigenvalue weighted by Crippen LogP contribution is -2.16. The molecule has 0 heterocycles. The highest BCUT2D eigenvalue weighted by atomic mass is 32.2. The number of aliphatic hydroxyl groups excluding tert-OH is 2. The van der Waals surface area contributed by atoms with Gasteiger partial charge in [-0.25, -0.2) is 0 Å². The molecule has 66 valence electrons. The Kier molecular flexibility index (Phi) is 6.60. The van der Waals surface area contributed by atoms with E-state index in [4.69, 9.17) is 10.2 Å². The number of hydrogen-bond acceptors (Lipinski definition) is 4. The second-order valence-electron chi connectivity index (χ2n) is 2.24. The summed E-state index contributed by atoms with van der Waals surface area (Å²) in [5.74, 6) is 1.05. The van der Waals surface area contributed by atoms with E-state index in [0.29, 0.717) is 17.9 Å². The van der Waals surface area contributed by atoms with Gasteiger partial charge in [0.05, 0.1) is 18.5 Å². The van der Waals surface area contributed by atoms with Crippen LogP contribution in [0, 0.1) is 0 Å². The van der Waals surface area contributed by atoms with Gasteiger partial charge in [-0.15, -0.1) is 0 Å². The maximum atomic E-state index is 10.7. The molecule has 0 aliphatic carbocycles. The fourth-order valence-electron chi connectivity index (χ4n) is 0.464. The van der Waals surface area contributed by atoms with Crippen molar-refractivity contribution in [2.45, 2.75) is 19.4 Å². The average Bonchev–Trinajstić information content (AvgIpc) is 2.04. The van der Waals surface area contributed by atoms with Crippen LogP contribution in [0.3, 0.4) is 0 Å². The van der Waals surface area contributed by atoms with Gasteiger partial charge in [0.25, 0.3) is 0 Å². The van der Waals surface area contributed by atoms with Crippen LogP contribution in [0.1, 0.15) is 13.3 Å². The molecule has 0 saturated heterocycles. The SMILES string of the molecule is CCC(=O)CSCC(O)CO. The molecule has 11 heavy (non-hydrogen) atoms. The molecule has 0 bridgehead atoms. The Hall–Kier alpha value is -0.0600. The van der Waals surface area contributed by atoms with Crippen molar-refractivity contribution in [3.8, 4) is 0 Å². The van der Waals surface area contributed by atoms with Crippen molar-refractivity contribution in [1.29, 1.82) is 0 Å². The zero-order valence-corrected chi connectivity index (χ0v) is 7.43. The highest BCUT2D eigenvalue weighted by Crippen LogP contribution is 2.03. The fraction of sp³-hybridized carbons (Fsp3) is 0.857. The molecule has 0 aliphatic rings. The van der Waals surface area contributed by atoms with Gasteiger partial charge in [-0.3, -0.25) is 4.79 Å². The smallest absolute Gasteiger partial charge is 0.142 e. The Morgan fingerprint density at radius 2 is 2.27 bits per heavy atom. The minimum Gasteiger partial charge on any atom is -0.394 e. The van der Waals surface area contributed by atoms with Gasteiger partial charge in [-0.05, 0) is 0 Å². The molecule has 0 aromatic heterocycles. The van der Waals surface area contributed by atoms with Crippen LogP contribution in [0.2, 0.25) is 0 Å². The number of Topliss-reactive ketones (excluding diaryl/α,β-unsaturated/α-hetero) is 1. The number of thioether (sulfide) groups is 1. The Morgan fingerprint density at radius 3 is 2.73 bits per heavy atom. The molecule has 1 atom stereocenters. The lowest BCUT2D eigenvalue weighted by molar-refractivity contribution is -0.116. The number of hydrogen-bond donors (Lipinski definition) is 2. The molecule has 0 rings (SSSR count). The molecule has 0 amide bonds. The molecular weight excluding hydrogens is 164 g/mol. The van der Waals surface area contributed by atoms with Crippen LogP contribution in [0.25, 0.3) is 0 Å². The standard InChI is InChI=1S/C7H14O3S/c1-2-6(9)4-11-5-7(10)3-8/h7-8,10H,2-5H2,1H3. The summed E-state index contributed by atoms with van der Waals surface area (Å²) in [7, 11) is 0. The summed E-state index contributed by atoms with van der Waals surface area (Å²) in [6.07, 6.45) is -0.146. The third kappa shape index (κ3) is 6.34. The highest BCUT2D eigenvalue weighted by molar-refractivity contribution is 7.99. The topological polar surface area (TPSA) is 57.5 Å². The molecule has 0 aliphatic heterocycles. The van der Waals surface area contributed by atoms with Gasteiger partial charge in [0.2, 0.25) is 0 Å². The van der Waals surface area contributed by atoms with Crippen LogP contribution < -0.4 is 0 Å². The van der Waals surface area contributed by atoms with Crippen LogP contribution in [-0.2, 0) is 4.79 Å². The summed E-state index contributed by atoms with van der Waals surface area (Å²) in [4.78, 5) is 10.7. The molecule has 2 N–H and O–H groups in total. The van der Waals surface area contributed by atoms with Crippen LogP contribution in [0.15, 0.2) is 0 Å². The van der Waals surface area contributed by atoms with Crippen molar-refractivity contribution >= 4 is 17.5 Å². The van der Waals surface area contributed by atoms with Crippen molar-refractivity contribution < 1.29 is 15.0 Å². The van der Waals surface area contributed by atoms with Crippen molar-refractivity contribution in [3.05, 3.63) is 0 Å². The quantitative estimate of drug-likeness (QED) is 0.603. The Labute approximate surface area is 70.8 Å². The lowest BCUT2D eigenvalue weighted by Gasteiger charge is -2.04. The summed E-state index contributed by atoms with van der Waals surface area (Å²) in [6, 6.07) is 0. The third-order valence-electron chi connectivity index (χ3n) is 1.18. The molecule has 0 radical (unpaired) electrons. The zero-order chi connectivity index (χ0) is 8.69. The molecular formula is C7H14O3S. The maximum Gasteiger partial charge on any atom is 0.142 e. The second-order valence-corrected chi connectivity index (χ2v) is 3.27. The van der Waals surface area contributed by atoms with E-state index in [1.54, 1.807) is 0 Å². The van der Waals surface area contributed by atoms with E-state index in [0.717, 1.165) is 0 Å². The Balaban J connectivity index is 3.20. The molecule has 4 heteroatoms. The largest absolute Gasteiger partial charge is 0.394 e. The lowest BCUT2D eigenvalue weighted by atomic mass is 10.4. The minimum atomic E-state index is -0.690. The molecule has 0 aromatic carbocycles. The van der Waals surface area contributed by atoms with Gasteiger partial charge >= 0.3 is 0 Å². The first-order valence-electron chi connectivity index (χ1n) is 3.59. The number of carbonyl (C=O) groups is 1. The summed E-state index contributed by atoms with van der Waals surface area (Å²) in [5, 5.41) is 17.3. The summed E-state index contributed by atoms with van der Waals surface area (Å²) < 4.78 is 0. The third-order valence-corrected chi connectivity index (χ3v) is 2.32. The Morgan fingerprint density at radius 1 is 1.64 bits per heavy atom. The maximum absolute atomic E-state index is 10.7. The first-order valence-corrected chi connectivity index (χ1v) is 4.74. The van der Waals surface area contributed by atoms with Crippen molar-refractivity contribution in [2.24, 2.45) is 0 Å². The van der Waals surface area contributed by atoms with Crippen molar-refractivity contribution in [2.75, 3.05) is 18.1 Å². The molecule has 0 saturated carbocycles. The number of aliphatic hydroxyl groups is 2. The van der Waals surface area contributed by atoms with Crippen LogP contribution in [-0.4, -0.2) is 40.2 Å². The molecule has 3 nitrogen and oxygen atoms in total. The van der Waals surface area contributed by atoms with Gasteiger partial charge in [-0.1, -0.05) is 6.92 Å². The summed E-state index contributed by atoms with van der Waals surface area (Å²) >= 11 is 1.36. The predicted molar refractivity (Wildman–Crippen MR) is 45.7 cm³/mol. The van der Waals surface area contributed by atoms with Crippen LogP contribution in [0.5, 0.6) is 0 Å². The Bertz CT molecular complexity index is 116. The van der Waals surface area contributed by atoms with E-state index >= 15 is 0 Å². The summed E-state index contributed by atoms with van der Waals surface area (Å²) in [6.45, 7) is 1.58. The van der Waals surface area contributed by atoms with Gasteiger partial charge in [0, 0.05) is 12.2 Å². The number of carbonyl (C=O) groups excluding carboxylic acids is 1. The molecule has 0 aromatic rings. The summed E-state index contributed by atoms with van der Waals surface area (Å²) in [5.41, 5.74) is 0. The molecule has 0 spiro atoms. The molecule has 0 fully saturated rings. The zero-order valence-electron chi connectivity index (χ0n) is 6.62.